The summed E-state index contributed by atoms with van der Waals surface area (Å²) >= 11 is 0. The molecular formula is C20H19N3O3S. The van der Waals surface area contributed by atoms with Crippen molar-refractivity contribution in [3.05, 3.63) is 89.7 Å². The Hall–Kier alpha value is -3.03. The van der Waals surface area contributed by atoms with E-state index in [2.05, 4.69) is 15.0 Å². The van der Waals surface area contributed by atoms with E-state index in [0.717, 1.165) is 11.3 Å². The molecule has 0 unspecified atom stereocenters. The largest absolute Gasteiger partial charge is 0.322 e. The van der Waals surface area contributed by atoms with Gasteiger partial charge < -0.3 is 5.32 Å². The van der Waals surface area contributed by atoms with Crippen molar-refractivity contribution in [3.8, 4) is 0 Å². The SMILES string of the molecule is Cc1ccccc1NC(=O)c1ccc(S(=O)(=O)NCc2ccccn2)cc1. The Kier molecular flexibility index (Phi) is 5.63. The lowest BCUT2D eigenvalue weighted by Gasteiger charge is -2.09. The molecule has 0 radical (unpaired) electrons. The molecule has 7 heteroatoms. The molecule has 6 nitrogen and oxygen atoms in total. The quantitative estimate of drug-likeness (QED) is 0.687. The van der Waals surface area contributed by atoms with Crippen LogP contribution in [-0.4, -0.2) is 19.3 Å². The van der Waals surface area contributed by atoms with Gasteiger partial charge in [0.2, 0.25) is 10.0 Å². The molecule has 0 aliphatic carbocycles. The molecule has 0 saturated carbocycles. The summed E-state index contributed by atoms with van der Waals surface area (Å²) in [5, 5.41) is 2.82. The first kappa shape index (κ1) is 18.8. The number of pyridine rings is 1. The predicted molar refractivity (Wildman–Crippen MR) is 104 cm³/mol. The minimum absolute atomic E-state index is 0.0888. The number of carbonyl (C=O) groups excluding carboxylic acids is 1. The first-order valence-electron chi connectivity index (χ1n) is 8.32. The minimum Gasteiger partial charge on any atom is -0.322 e. The van der Waals surface area contributed by atoms with Gasteiger partial charge >= 0.3 is 0 Å². The fraction of sp³-hybridized carbons (Fsp3) is 0.100. The number of hydrogen-bond donors (Lipinski definition) is 2. The fourth-order valence-corrected chi connectivity index (χ4v) is 3.45. The molecule has 3 rings (SSSR count). The predicted octanol–water partition coefficient (Wildman–Crippen LogP) is 3.12. The molecule has 0 aliphatic heterocycles. The number of hydrogen-bond acceptors (Lipinski definition) is 4. The number of anilines is 1. The Bertz CT molecular complexity index is 1030. The zero-order valence-electron chi connectivity index (χ0n) is 14.7. The number of benzene rings is 2. The van der Waals surface area contributed by atoms with E-state index in [1.54, 1.807) is 24.4 Å². The van der Waals surface area contributed by atoms with E-state index in [4.69, 9.17) is 0 Å². The minimum atomic E-state index is -3.69. The number of rotatable bonds is 6. The zero-order chi connectivity index (χ0) is 19.3. The maximum Gasteiger partial charge on any atom is 0.255 e. The maximum atomic E-state index is 12.4. The monoisotopic (exact) mass is 381 g/mol. The molecule has 138 valence electrons. The topological polar surface area (TPSA) is 88.2 Å². The van der Waals surface area contributed by atoms with Gasteiger partial charge in [-0.1, -0.05) is 24.3 Å². The molecule has 0 spiro atoms. The number of amides is 1. The number of carbonyl (C=O) groups is 1. The number of para-hydroxylation sites is 1. The Morgan fingerprint density at radius 1 is 0.963 bits per heavy atom. The summed E-state index contributed by atoms with van der Waals surface area (Å²) in [6.07, 6.45) is 1.60. The summed E-state index contributed by atoms with van der Waals surface area (Å²) in [6, 6.07) is 18.5. The average Bonchev–Trinajstić information content (AvgIpc) is 2.69. The Labute approximate surface area is 158 Å². The highest BCUT2D eigenvalue weighted by atomic mass is 32.2. The molecule has 3 aromatic rings. The third kappa shape index (κ3) is 4.78. The van der Waals surface area contributed by atoms with Crippen molar-refractivity contribution in [2.45, 2.75) is 18.4 Å². The van der Waals surface area contributed by atoms with Gasteiger partial charge in [0.1, 0.15) is 0 Å². The van der Waals surface area contributed by atoms with Gasteiger partial charge in [-0.25, -0.2) is 13.1 Å². The summed E-state index contributed by atoms with van der Waals surface area (Å²) < 4.78 is 27.3. The van der Waals surface area contributed by atoms with Crippen LogP contribution < -0.4 is 10.0 Å². The molecule has 0 saturated heterocycles. The third-order valence-corrected chi connectivity index (χ3v) is 5.41. The van der Waals surface area contributed by atoms with Crippen LogP contribution in [0.2, 0.25) is 0 Å². The molecular weight excluding hydrogens is 362 g/mol. The number of aryl methyl sites for hydroxylation is 1. The van der Waals surface area contributed by atoms with Gasteiger partial charge in [0, 0.05) is 17.4 Å². The van der Waals surface area contributed by atoms with Crippen LogP contribution in [0.5, 0.6) is 0 Å². The molecule has 0 aliphatic rings. The molecule has 2 N–H and O–H groups in total. The van der Waals surface area contributed by atoms with Gasteiger partial charge in [0.15, 0.2) is 0 Å². The highest BCUT2D eigenvalue weighted by Gasteiger charge is 2.15. The van der Waals surface area contributed by atoms with Crippen LogP contribution in [0, 0.1) is 6.92 Å². The summed E-state index contributed by atoms with van der Waals surface area (Å²) in [5.41, 5.74) is 2.66. The standard InChI is InChI=1S/C20H19N3O3S/c1-15-6-2-3-8-19(15)23-20(24)16-9-11-18(12-10-16)27(25,26)22-14-17-7-4-5-13-21-17/h2-13,22H,14H2,1H3,(H,23,24). The summed E-state index contributed by atoms with van der Waals surface area (Å²) in [6.45, 7) is 2.00. The van der Waals surface area contributed by atoms with E-state index in [1.165, 1.54) is 24.3 Å². The van der Waals surface area contributed by atoms with Crippen molar-refractivity contribution in [1.29, 1.82) is 0 Å². The lowest BCUT2D eigenvalue weighted by Crippen LogP contribution is -2.23. The highest BCUT2D eigenvalue weighted by Crippen LogP contribution is 2.16. The van der Waals surface area contributed by atoms with Crippen molar-refractivity contribution in [1.82, 2.24) is 9.71 Å². The summed E-state index contributed by atoms with van der Waals surface area (Å²) in [5.74, 6) is -0.297. The Balaban J connectivity index is 1.68. The van der Waals surface area contributed by atoms with Crippen LogP contribution in [0.4, 0.5) is 5.69 Å². The normalized spacial score (nSPS) is 11.1. The first-order valence-corrected chi connectivity index (χ1v) is 9.81. The average molecular weight is 381 g/mol. The van der Waals surface area contributed by atoms with Gasteiger partial charge in [-0.05, 0) is 55.0 Å². The fourth-order valence-electron chi connectivity index (χ4n) is 2.45. The second kappa shape index (κ2) is 8.11. The van der Waals surface area contributed by atoms with Crippen LogP contribution in [0.3, 0.4) is 0 Å². The van der Waals surface area contributed by atoms with Crippen LogP contribution in [-0.2, 0) is 16.6 Å². The van der Waals surface area contributed by atoms with E-state index >= 15 is 0 Å². The second-order valence-corrected chi connectivity index (χ2v) is 7.71. The Morgan fingerprint density at radius 2 is 1.67 bits per heavy atom. The molecule has 1 aromatic heterocycles. The summed E-state index contributed by atoms with van der Waals surface area (Å²) in [7, 11) is -3.69. The molecule has 0 bridgehead atoms. The second-order valence-electron chi connectivity index (χ2n) is 5.94. The molecule has 0 fully saturated rings. The van der Waals surface area contributed by atoms with E-state index in [-0.39, 0.29) is 17.3 Å². The van der Waals surface area contributed by atoms with Crippen LogP contribution in [0.25, 0.3) is 0 Å². The number of nitrogens with zero attached hydrogens (tertiary/aromatic N) is 1. The van der Waals surface area contributed by atoms with Crippen LogP contribution in [0.15, 0.2) is 77.8 Å². The van der Waals surface area contributed by atoms with Crippen LogP contribution in [0.1, 0.15) is 21.6 Å². The number of aromatic nitrogens is 1. The van der Waals surface area contributed by atoms with Crippen LogP contribution >= 0.6 is 0 Å². The van der Waals surface area contributed by atoms with E-state index < -0.39 is 10.0 Å². The van der Waals surface area contributed by atoms with Gasteiger partial charge in [0.25, 0.3) is 5.91 Å². The zero-order valence-corrected chi connectivity index (χ0v) is 15.5. The smallest absolute Gasteiger partial charge is 0.255 e. The number of sulfonamides is 1. The van der Waals surface area contributed by atoms with E-state index in [0.29, 0.717) is 11.3 Å². The molecule has 0 atom stereocenters. The first-order chi connectivity index (χ1) is 13.0. The summed E-state index contributed by atoms with van der Waals surface area (Å²) in [4.78, 5) is 16.5. The van der Waals surface area contributed by atoms with Crippen molar-refractivity contribution in [3.63, 3.8) is 0 Å². The third-order valence-electron chi connectivity index (χ3n) is 3.99. The van der Waals surface area contributed by atoms with Gasteiger partial charge in [0.05, 0.1) is 17.1 Å². The van der Waals surface area contributed by atoms with Crippen molar-refractivity contribution in [2.75, 3.05) is 5.32 Å². The molecule has 1 heterocycles. The van der Waals surface area contributed by atoms with E-state index in [9.17, 15) is 13.2 Å². The molecule has 2 aromatic carbocycles. The van der Waals surface area contributed by atoms with Crippen molar-refractivity contribution >= 4 is 21.6 Å². The van der Waals surface area contributed by atoms with Crippen molar-refractivity contribution in [2.24, 2.45) is 0 Å². The Morgan fingerprint density at radius 3 is 2.33 bits per heavy atom. The van der Waals surface area contributed by atoms with Gasteiger partial charge in [-0.3, -0.25) is 9.78 Å². The van der Waals surface area contributed by atoms with Gasteiger partial charge in [-0.2, -0.15) is 0 Å². The highest BCUT2D eigenvalue weighted by molar-refractivity contribution is 7.89. The maximum absolute atomic E-state index is 12.4. The van der Waals surface area contributed by atoms with E-state index in [1.807, 2.05) is 31.2 Å². The van der Waals surface area contributed by atoms with Crippen molar-refractivity contribution < 1.29 is 13.2 Å². The number of nitrogens with one attached hydrogen (secondary N) is 2. The molecule has 1 amide bonds. The molecule has 27 heavy (non-hydrogen) atoms. The lowest BCUT2D eigenvalue weighted by atomic mass is 10.1. The lowest BCUT2D eigenvalue weighted by molar-refractivity contribution is 0.102. The van der Waals surface area contributed by atoms with Gasteiger partial charge in [-0.15, -0.1) is 0 Å².